The van der Waals surface area contributed by atoms with E-state index in [1.165, 1.54) is 0 Å². The molecule has 0 fully saturated rings. The Morgan fingerprint density at radius 2 is 1.89 bits per heavy atom. The molecule has 0 amide bonds. The third kappa shape index (κ3) is 4.43. The lowest BCUT2D eigenvalue weighted by Crippen LogP contribution is -2.47. The van der Waals surface area contributed by atoms with E-state index in [-0.39, 0.29) is 17.6 Å². The maximum absolute atomic E-state index is 6.21. The Balaban J connectivity index is 2.94. The molecule has 1 aromatic rings. The van der Waals surface area contributed by atoms with Crippen LogP contribution in [0.2, 0.25) is 0 Å². The summed E-state index contributed by atoms with van der Waals surface area (Å²) in [6.07, 6.45) is 0.921. The van der Waals surface area contributed by atoms with E-state index in [4.69, 9.17) is 10.5 Å². The van der Waals surface area contributed by atoms with E-state index in [9.17, 15) is 0 Å². The number of nitrogens with zero attached hydrogens (tertiary/aromatic N) is 1. The van der Waals surface area contributed by atoms with E-state index in [0.717, 1.165) is 17.9 Å². The molecule has 108 valence electrons. The maximum Gasteiger partial charge on any atom is 0.121 e. The first kappa shape index (κ1) is 15.8. The molecule has 2 atom stereocenters. The lowest BCUT2D eigenvalue weighted by Gasteiger charge is -2.35. The van der Waals surface area contributed by atoms with Crippen molar-refractivity contribution in [2.75, 3.05) is 19.0 Å². The van der Waals surface area contributed by atoms with E-state index in [1.807, 2.05) is 26.2 Å². The molecule has 0 saturated heterocycles. The zero-order valence-corrected chi connectivity index (χ0v) is 13.1. The van der Waals surface area contributed by atoms with Crippen molar-refractivity contribution in [1.82, 2.24) is 0 Å². The van der Waals surface area contributed by atoms with E-state index in [1.54, 1.807) is 0 Å². The maximum atomic E-state index is 6.21. The summed E-state index contributed by atoms with van der Waals surface area (Å²) < 4.78 is 6.17. The van der Waals surface area contributed by atoms with Crippen LogP contribution in [0.5, 0.6) is 5.75 Å². The Morgan fingerprint density at radius 1 is 1.26 bits per heavy atom. The van der Waals surface area contributed by atoms with Crippen molar-refractivity contribution >= 4 is 5.69 Å². The normalized spacial score (nSPS) is 14.9. The molecule has 0 saturated carbocycles. The van der Waals surface area contributed by atoms with Crippen molar-refractivity contribution < 1.29 is 4.74 Å². The highest BCUT2D eigenvalue weighted by Gasteiger charge is 2.31. The second-order valence-electron chi connectivity index (χ2n) is 6.37. The van der Waals surface area contributed by atoms with Gasteiger partial charge in [-0.25, -0.2) is 0 Å². The minimum Gasteiger partial charge on any atom is -0.488 e. The van der Waals surface area contributed by atoms with Gasteiger partial charge in [-0.15, -0.1) is 0 Å². The van der Waals surface area contributed by atoms with E-state index >= 15 is 0 Å². The molecule has 0 aliphatic heterocycles. The largest absolute Gasteiger partial charge is 0.488 e. The summed E-state index contributed by atoms with van der Waals surface area (Å²) >= 11 is 0. The fourth-order valence-corrected chi connectivity index (χ4v) is 2.10. The SMILES string of the molecule is CCC(N)C(Oc1cccc(N(C)C)c1)C(C)(C)C. The predicted molar refractivity (Wildman–Crippen MR) is 82.9 cm³/mol. The molecule has 3 nitrogen and oxygen atoms in total. The molecule has 0 bridgehead atoms. The van der Waals surface area contributed by atoms with Crippen LogP contribution in [0, 0.1) is 5.41 Å². The quantitative estimate of drug-likeness (QED) is 0.887. The van der Waals surface area contributed by atoms with E-state index < -0.39 is 0 Å². The monoisotopic (exact) mass is 264 g/mol. The molecule has 1 aromatic carbocycles. The molecule has 0 aliphatic rings. The van der Waals surface area contributed by atoms with Crippen LogP contribution in [-0.2, 0) is 0 Å². The van der Waals surface area contributed by atoms with Crippen LogP contribution in [-0.4, -0.2) is 26.2 Å². The summed E-state index contributed by atoms with van der Waals surface area (Å²) in [4.78, 5) is 2.07. The zero-order chi connectivity index (χ0) is 14.6. The zero-order valence-electron chi connectivity index (χ0n) is 13.1. The number of ether oxygens (including phenoxy) is 1. The second-order valence-corrected chi connectivity index (χ2v) is 6.37. The van der Waals surface area contributed by atoms with Gasteiger partial charge in [-0.3, -0.25) is 0 Å². The number of anilines is 1. The van der Waals surface area contributed by atoms with Gasteiger partial charge < -0.3 is 15.4 Å². The molecule has 19 heavy (non-hydrogen) atoms. The minimum atomic E-state index is 0.00918. The highest BCUT2D eigenvalue weighted by molar-refractivity contribution is 5.49. The van der Waals surface area contributed by atoms with Gasteiger partial charge in [0.1, 0.15) is 11.9 Å². The van der Waals surface area contributed by atoms with E-state index in [0.29, 0.717) is 0 Å². The molecule has 1 rings (SSSR count). The molecule has 2 unspecified atom stereocenters. The number of hydrogen-bond acceptors (Lipinski definition) is 3. The highest BCUT2D eigenvalue weighted by Crippen LogP contribution is 2.29. The molecule has 3 heteroatoms. The first-order chi connectivity index (χ1) is 8.75. The average Bonchev–Trinajstić information content (AvgIpc) is 2.34. The Kier molecular flexibility index (Phi) is 5.24. The standard InChI is InChI=1S/C16H28N2O/c1-7-14(17)15(16(2,3)4)19-13-10-8-9-12(11-13)18(5)6/h8-11,14-15H,7,17H2,1-6H3. The van der Waals surface area contributed by atoms with Crippen molar-refractivity contribution in [1.29, 1.82) is 0 Å². The highest BCUT2D eigenvalue weighted by atomic mass is 16.5. The molecule has 0 radical (unpaired) electrons. The average molecular weight is 264 g/mol. The Labute approximate surface area is 117 Å². The van der Waals surface area contributed by atoms with Crippen LogP contribution < -0.4 is 15.4 Å². The summed E-state index contributed by atoms with van der Waals surface area (Å²) in [5, 5.41) is 0. The van der Waals surface area contributed by atoms with Crippen molar-refractivity contribution in [3.8, 4) is 5.75 Å². The fraction of sp³-hybridized carbons (Fsp3) is 0.625. The minimum absolute atomic E-state index is 0.00918. The summed E-state index contributed by atoms with van der Waals surface area (Å²) in [5.41, 5.74) is 7.37. The summed E-state index contributed by atoms with van der Waals surface area (Å²) in [6.45, 7) is 8.61. The van der Waals surface area contributed by atoms with E-state index in [2.05, 4.69) is 44.7 Å². The molecule has 0 aromatic heterocycles. The fourth-order valence-electron chi connectivity index (χ4n) is 2.10. The second kappa shape index (κ2) is 6.29. The van der Waals surface area contributed by atoms with Crippen LogP contribution in [0.1, 0.15) is 34.1 Å². The van der Waals surface area contributed by atoms with Crippen LogP contribution >= 0.6 is 0 Å². The molecule has 0 heterocycles. The topological polar surface area (TPSA) is 38.5 Å². The van der Waals surface area contributed by atoms with Gasteiger partial charge >= 0.3 is 0 Å². The summed E-state index contributed by atoms with van der Waals surface area (Å²) in [5.74, 6) is 0.884. The molecule has 0 aliphatic carbocycles. The van der Waals surface area contributed by atoms with Crippen LogP contribution in [0.15, 0.2) is 24.3 Å². The van der Waals surface area contributed by atoms with Crippen molar-refractivity contribution in [2.45, 2.75) is 46.3 Å². The van der Waals surface area contributed by atoms with Crippen molar-refractivity contribution in [3.63, 3.8) is 0 Å². The molecular formula is C16H28N2O. The van der Waals surface area contributed by atoms with Crippen LogP contribution in [0.25, 0.3) is 0 Å². The Bertz CT molecular complexity index is 396. The van der Waals surface area contributed by atoms with Crippen LogP contribution in [0.4, 0.5) is 5.69 Å². The smallest absolute Gasteiger partial charge is 0.121 e. The third-order valence-electron chi connectivity index (χ3n) is 3.31. The third-order valence-corrected chi connectivity index (χ3v) is 3.31. The number of nitrogens with two attached hydrogens (primary N) is 1. The Morgan fingerprint density at radius 3 is 2.37 bits per heavy atom. The van der Waals surface area contributed by atoms with Gasteiger partial charge in [0.25, 0.3) is 0 Å². The van der Waals surface area contributed by atoms with Gasteiger partial charge in [0.15, 0.2) is 0 Å². The molecule has 2 N–H and O–H groups in total. The van der Waals surface area contributed by atoms with Gasteiger partial charge in [-0.05, 0) is 18.6 Å². The van der Waals surface area contributed by atoms with Gasteiger partial charge in [-0.2, -0.15) is 0 Å². The lowest BCUT2D eigenvalue weighted by molar-refractivity contribution is 0.0622. The molecule has 0 spiro atoms. The van der Waals surface area contributed by atoms with Gasteiger partial charge in [-0.1, -0.05) is 33.8 Å². The summed E-state index contributed by atoms with van der Waals surface area (Å²) in [6, 6.07) is 8.18. The first-order valence-corrected chi connectivity index (χ1v) is 6.95. The molecular weight excluding hydrogens is 236 g/mol. The summed E-state index contributed by atoms with van der Waals surface area (Å²) in [7, 11) is 4.05. The number of hydrogen-bond donors (Lipinski definition) is 1. The lowest BCUT2D eigenvalue weighted by atomic mass is 9.84. The van der Waals surface area contributed by atoms with Gasteiger partial charge in [0.05, 0.1) is 0 Å². The van der Waals surface area contributed by atoms with Crippen molar-refractivity contribution in [3.05, 3.63) is 24.3 Å². The van der Waals surface area contributed by atoms with Crippen molar-refractivity contribution in [2.24, 2.45) is 11.1 Å². The number of benzene rings is 1. The first-order valence-electron chi connectivity index (χ1n) is 6.95. The van der Waals surface area contributed by atoms with Crippen LogP contribution in [0.3, 0.4) is 0 Å². The predicted octanol–water partition coefficient (Wildman–Crippen LogP) is 3.28. The Hall–Kier alpha value is -1.22. The number of rotatable bonds is 5. The van der Waals surface area contributed by atoms with Gasteiger partial charge in [0, 0.05) is 37.3 Å². The van der Waals surface area contributed by atoms with Gasteiger partial charge in [0.2, 0.25) is 0 Å².